The van der Waals surface area contributed by atoms with Crippen LogP contribution in [0, 0.1) is 11.3 Å². The number of thiophene rings is 1. The third kappa shape index (κ3) is 4.09. The lowest BCUT2D eigenvalue weighted by Crippen LogP contribution is -2.17. The Morgan fingerprint density at radius 1 is 1.42 bits per heavy atom. The predicted molar refractivity (Wildman–Crippen MR) is 77.1 cm³/mol. The van der Waals surface area contributed by atoms with Crippen molar-refractivity contribution in [2.75, 3.05) is 6.61 Å². The van der Waals surface area contributed by atoms with Crippen molar-refractivity contribution in [3.05, 3.63) is 52.2 Å². The molecule has 1 unspecified atom stereocenters. The van der Waals surface area contributed by atoms with Gasteiger partial charge in [-0.2, -0.15) is 16.6 Å². The Morgan fingerprint density at radius 3 is 3.05 bits per heavy atom. The van der Waals surface area contributed by atoms with Crippen molar-refractivity contribution in [1.82, 2.24) is 5.32 Å². The fourth-order valence-corrected chi connectivity index (χ4v) is 2.53. The summed E-state index contributed by atoms with van der Waals surface area (Å²) in [5.41, 5.74) is 2.46. The van der Waals surface area contributed by atoms with Crippen molar-refractivity contribution in [1.29, 1.82) is 5.26 Å². The molecule has 2 rings (SSSR count). The van der Waals surface area contributed by atoms with Crippen LogP contribution in [-0.4, -0.2) is 6.61 Å². The van der Waals surface area contributed by atoms with E-state index in [9.17, 15) is 0 Å². The Morgan fingerprint density at radius 2 is 2.32 bits per heavy atom. The summed E-state index contributed by atoms with van der Waals surface area (Å²) in [4.78, 5) is 0. The van der Waals surface area contributed by atoms with Crippen LogP contribution in [0.25, 0.3) is 0 Å². The fraction of sp³-hybridized carbons (Fsp3) is 0.267. The molecule has 0 fully saturated rings. The van der Waals surface area contributed by atoms with Gasteiger partial charge in [0.25, 0.3) is 0 Å². The molecular weight excluding hydrogens is 256 g/mol. The molecule has 0 amide bonds. The van der Waals surface area contributed by atoms with Crippen LogP contribution in [-0.2, 0) is 6.54 Å². The highest BCUT2D eigenvalue weighted by Crippen LogP contribution is 2.17. The van der Waals surface area contributed by atoms with Gasteiger partial charge in [-0.15, -0.1) is 0 Å². The number of hydrogen-bond donors (Lipinski definition) is 1. The average Bonchev–Trinajstić information content (AvgIpc) is 2.97. The van der Waals surface area contributed by atoms with Crippen LogP contribution in [0.1, 0.15) is 24.1 Å². The molecule has 0 aliphatic carbocycles. The summed E-state index contributed by atoms with van der Waals surface area (Å²) in [5.74, 6) is 0.740. The first-order valence-corrected chi connectivity index (χ1v) is 7.08. The number of nitrogens with zero attached hydrogens (tertiary/aromatic N) is 1. The van der Waals surface area contributed by atoms with Crippen LogP contribution in [0.3, 0.4) is 0 Å². The molecule has 1 atom stereocenters. The van der Waals surface area contributed by atoms with Crippen molar-refractivity contribution in [3.63, 3.8) is 0 Å². The molecule has 0 saturated carbocycles. The molecule has 1 heterocycles. The number of hydrogen-bond acceptors (Lipinski definition) is 4. The van der Waals surface area contributed by atoms with Crippen LogP contribution >= 0.6 is 11.3 Å². The second-order valence-electron chi connectivity index (χ2n) is 4.25. The molecule has 4 heteroatoms. The standard InChI is InChI=1S/C15H16N2OS/c1-12(14-5-8-19-11-14)17-10-13-3-2-4-15(9-13)18-7-6-16/h2-5,8-9,11-12,17H,7,10H2,1H3. The van der Waals surface area contributed by atoms with E-state index in [1.807, 2.05) is 30.3 Å². The first kappa shape index (κ1) is 13.6. The second-order valence-corrected chi connectivity index (χ2v) is 5.03. The minimum Gasteiger partial charge on any atom is -0.479 e. The molecular formula is C15H16N2OS. The van der Waals surface area contributed by atoms with Crippen molar-refractivity contribution < 1.29 is 4.74 Å². The molecule has 19 heavy (non-hydrogen) atoms. The minimum absolute atomic E-state index is 0.0855. The normalized spacial score (nSPS) is 11.8. The van der Waals surface area contributed by atoms with Gasteiger partial charge in [0.1, 0.15) is 11.8 Å². The Hall–Kier alpha value is -1.83. The van der Waals surface area contributed by atoms with E-state index >= 15 is 0 Å². The Kier molecular flexibility index (Phi) is 4.96. The highest BCUT2D eigenvalue weighted by molar-refractivity contribution is 7.07. The molecule has 1 aromatic heterocycles. The SMILES string of the molecule is CC(NCc1cccc(OCC#N)c1)c1ccsc1. The average molecular weight is 272 g/mol. The molecule has 0 aliphatic rings. The highest BCUT2D eigenvalue weighted by Gasteiger charge is 2.05. The largest absolute Gasteiger partial charge is 0.479 e. The van der Waals surface area contributed by atoms with Crippen molar-refractivity contribution in [2.24, 2.45) is 0 Å². The topological polar surface area (TPSA) is 45.0 Å². The van der Waals surface area contributed by atoms with E-state index in [0.29, 0.717) is 6.04 Å². The maximum absolute atomic E-state index is 8.49. The van der Waals surface area contributed by atoms with E-state index in [1.54, 1.807) is 11.3 Å². The summed E-state index contributed by atoms with van der Waals surface area (Å²) in [6.45, 7) is 3.01. The zero-order chi connectivity index (χ0) is 13.5. The maximum Gasteiger partial charge on any atom is 0.174 e. The van der Waals surface area contributed by atoms with Crippen molar-refractivity contribution >= 4 is 11.3 Å². The van der Waals surface area contributed by atoms with E-state index < -0.39 is 0 Å². The summed E-state index contributed by atoms with van der Waals surface area (Å²) in [6, 6.07) is 12.2. The first-order valence-electron chi connectivity index (χ1n) is 6.14. The zero-order valence-electron chi connectivity index (χ0n) is 10.8. The van der Waals surface area contributed by atoms with Gasteiger partial charge < -0.3 is 10.1 Å². The molecule has 0 radical (unpaired) electrons. The van der Waals surface area contributed by atoms with E-state index in [2.05, 4.69) is 29.1 Å². The number of nitrogens with one attached hydrogen (secondary N) is 1. The fourth-order valence-electron chi connectivity index (χ4n) is 1.77. The molecule has 1 N–H and O–H groups in total. The Labute approximate surface area is 117 Å². The molecule has 0 spiro atoms. The van der Waals surface area contributed by atoms with Gasteiger partial charge in [0, 0.05) is 12.6 Å². The quantitative estimate of drug-likeness (QED) is 0.875. The highest BCUT2D eigenvalue weighted by atomic mass is 32.1. The lowest BCUT2D eigenvalue weighted by atomic mass is 10.1. The Balaban J connectivity index is 1.90. The summed E-state index contributed by atoms with van der Waals surface area (Å²) >= 11 is 1.71. The van der Waals surface area contributed by atoms with Crippen molar-refractivity contribution in [2.45, 2.75) is 19.5 Å². The van der Waals surface area contributed by atoms with E-state index in [4.69, 9.17) is 10.00 Å². The van der Waals surface area contributed by atoms with Gasteiger partial charge in [-0.25, -0.2) is 0 Å². The summed E-state index contributed by atoms with van der Waals surface area (Å²) < 4.78 is 5.29. The molecule has 1 aromatic carbocycles. The maximum atomic E-state index is 8.49. The number of nitriles is 1. The van der Waals surface area contributed by atoms with Gasteiger partial charge in [0.15, 0.2) is 6.61 Å². The molecule has 98 valence electrons. The first-order chi connectivity index (χ1) is 9.29. The van der Waals surface area contributed by atoms with Gasteiger partial charge in [-0.3, -0.25) is 0 Å². The zero-order valence-corrected chi connectivity index (χ0v) is 11.6. The van der Waals surface area contributed by atoms with Gasteiger partial charge in [-0.1, -0.05) is 12.1 Å². The molecule has 3 nitrogen and oxygen atoms in total. The van der Waals surface area contributed by atoms with Crippen LogP contribution in [0.2, 0.25) is 0 Å². The van der Waals surface area contributed by atoms with Crippen LogP contribution < -0.4 is 10.1 Å². The smallest absolute Gasteiger partial charge is 0.174 e. The summed E-state index contributed by atoms with van der Waals surface area (Å²) in [5, 5.41) is 16.2. The third-order valence-corrected chi connectivity index (χ3v) is 3.56. The van der Waals surface area contributed by atoms with Gasteiger partial charge >= 0.3 is 0 Å². The minimum atomic E-state index is 0.0855. The monoisotopic (exact) mass is 272 g/mol. The molecule has 0 aliphatic heterocycles. The van der Waals surface area contributed by atoms with Crippen LogP contribution in [0.5, 0.6) is 5.75 Å². The van der Waals surface area contributed by atoms with E-state index in [-0.39, 0.29) is 6.61 Å². The number of ether oxygens (including phenoxy) is 1. The van der Waals surface area contributed by atoms with Gasteiger partial charge in [0.05, 0.1) is 0 Å². The lowest BCUT2D eigenvalue weighted by Gasteiger charge is -2.13. The van der Waals surface area contributed by atoms with Gasteiger partial charge in [0.2, 0.25) is 0 Å². The molecule has 0 bridgehead atoms. The third-order valence-electron chi connectivity index (χ3n) is 2.86. The second kappa shape index (κ2) is 6.93. The predicted octanol–water partition coefficient (Wildman–Crippen LogP) is 3.50. The van der Waals surface area contributed by atoms with Crippen LogP contribution in [0.15, 0.2) is 41.1 Å². The van der Waals surface area contributed by atoms with E-state index in [1.165, 1.54) is 5.56 Å². The Bertz CT molecular complexity index is 546. The summed E-state index contributed by atoms with van der Waals surface area (Å²) in [6.07, 6.45) is 0. The number of rotatable bonds is 6. The molecule has 2 aromatic rings. The summed E-state index contributed by atoms with van der Waals surface area (Å²) in [7, 11) is 0. The van der Waals surface area contributed by atoms with Crippen molar-refractivity contribution in [3.8, 4) is 11.8 Å². The number of benzene rings is 1. The van der Waals surface area contributed by atoms with Gasteiger partial charge in [-0.05, 0) is 47.0 Å². The van der Waals surface area contributed by atoms with Crippen LogP contribution in [0.4, 0.5) is 0 Å². The van der Waals surface area contributed by atoms with E-state index in [0.717, 1.165) is 17.9 Å². The lowest BCUT2D eigenvalue weighted by molar-refractivity contribution is 0.367. The molecule has 0 saturated heterocycles.